The summed E-state index contributed by atoms with van der Waals surface area (Å²) in [6, 6.07) is 16.4. The van der Waals surface area contributed by atoms with E-state index in [4.69, 9.17) is 9.47 Å². The molecule has 2 nitrogen and oxygen atoms in total. The Morgan fingerprint density at radius 2 is 1.31 bits per heavy atom. The number of benzene rings is 4. The molecule has 0 saturated heterocycles. The van der Waals surface area contributed by atoms with Crippen molar-refractivity contribution in [2.75, 3.05) is 6.61 Å². The van der Waals surface area contributed by atoms with Crippen molar-refractivity contribution in [2.24, 2.45) is 0 Å². The number of hydrogen-bond donors (Lipinski definition) is 0. The topological polar surface area (TPSA) is 18.5 Å². The minimum Gasteiger partial charge on any atom is -0.493 e. The van der Waals surface area contributed by atoms with E-state index in [-0.39, 0.29) is 22.8 Å². The second-order valence-electron chi connectivity index (χ2n) is 11.4. The summed E-state index contributed by atoms with van der Waals surface area (Å²) in [4.78, 5) is 0. The van der Waals surface area contributed by atoms with Gasteiger partial charge in [-0.05, 0) is 90.6 Å². The van der Waals surface area contributed by atoms with Crippen molar-refractivity contribution in [1.82, 2.24) is 0 Å². The quantitative estimate of drug-likeness (QED) is 0.0933. The molecule has 4 aromatic rings. The van der Waals surface area contributed by atoms with Gasteiger partial charge in [0.05, 0.1) is 18.3 Å². The van der Waals surface area contributed by atoms with Crippen LogP contribution in [-0.4, -0.2) is 12.7 Å². The van der Waals surface area contributed by atoms with Crippen LogP contribution in [0, 0.1) is 29.1 Å². The second-order valence-corrected chi connectivity index (χ2v) is 11.4. The molecule has 0 amide bonds. The van der Waals surface area contributed by atoms with Gasteiger partial charge in [0.25, 0.3) is 0 Å². The molecular formula is C36H33F7O2. The number of alkyl halides is 2. The highest BCUT2D eigenvalue weighted by atomic mass is 19.3. The highest BCUT2D eigenvalue weighted by molar-refractivity contribution is 5.71. The van der Waals surface area contributed by atoms with Crippen molar-refractivity contribution in [1.29, 1.82) is 0 Å². The average molecular weight is 631 g/mol. The molecule has 9 heteroatoms. The Balaban J connectivity index is 1.17. The van der Waals surface area contributed by atoms with Crippen molar-refractivity contribution < 1.29 is 40.2 Å². The molecule has 0 heterocycles. The molecule has 0 N–H and O–H groups in total. The summed E-state index contributed by atoms with van der Waals surface area (Å²) in [6.07, 6.45) is 0.199. The maximum absolute atomic E-state index is 14.9. The standard InChI is InChI=1S/C36H33F7O2/c1-2-3-4-17-44-28-14-16-30(32(38)21-28)36(42,43)45-27-12-9-23(10-13-27)22-5-7-24(8-6-22)25-11-15-29(31(37)18-25)26-19-33(39)35(41)34(40)20-26/h5-8,11,14-16,18-21,23,27H,2-4,9-10,12-13,17H2,1H3. The molecule has 0 aliphatic heterocycles. The fourth-order valence-corrected chi connectivity index (χ4v) is 5.74. The Bertz CT molecular complexity index is 1590. The van der Waals surface area contributed by atoms with Crippen LogP contribution in [-0.2, 0) is 10.8 Å². The van der Waals surface area contributed by atoms with Crippen molar-refractivity contribution in [3.63, 3.8) is 0 Å². The third-order valence-corrected chi connectivity index (χ3v) is 8.24. The maximum Gasteiger partial charge on any atom is 0.386 e. The third-order valence-electron chi connectivity index (χ3n) is 8.24. The first-order chi connectivity index (χ1) is 21.6. The van der Waals surface area contributed by atoms with E-state index in [1.807, 2.05) is 31.2 Å². The Labute approximate surface area is 257 Å². The maximum atomic E-state index is 14.9. The molecule has 1 aliphatic carbocycles. The van der Waals surface area contributed by atoms with E-state index >= 15 is 0 Å². The van der Waals surface area contributed by atoms with Crippen molar-refractivity contribution in [2.45, 2.75) is 70.0 Å². The molecule has 4 aromatic carbocycles. The fourth-order valence-electron chi connectivity index (χ4n) is 5.74. The lowest BCUT2D eigenvalue weighted by atomic mass is 9.82. The Morgan fingerprint density at radius 1 is 0.667 bits per heavy atom. The van der Waals surface area contributed by atoms with Crippen LogP contribution in [0.4, 0.5) is 30.7 Å². The van der Waals surface area contributed by atoms with E-state index in [1.165, 1.54) is 18.2 Å². The first kappa shape index (κ1) is 32.5. The molecule has 45 heavy (non-hydrogen) atoms. The van der Waals surface area contributed by atoms with Gasteiger partial charge in [-0.2, -0.15) is 8.78 Å². The van der Waals surface area contributed by atoms with Crippen LogP contribution in [0.15, 0.2) is 72.8 Å². The minimum atomic E-state index is -3.78. The Kier molecular flexibility index (Phi) is 10.2. The van der Waals surface area contributed by atoms with Crippen LogP contribution in [0.2, 0.25) is 0 Å². The summed E-state index contributed by atoms with van der Waals surface area (Å²) >= 11 is 0. The molecular weight excluding hydrogens is 597 g/mol. The molecule has 0 aromatic heterocycles. The predicted octanol–water partition coefficient (Wildman–Crippen LogP) is 11.1. The lowest BCUT2D eigenvalue weighted by molar-refractivity contribution is -0.278. The molecule has 0 spiro atoms. The van der Waals surface area contributed by atoms with Gasteiger partial charge in [0.2, 0.25) is 0 Å². The van der Waals surface area contributed by atoms with Gasteiger partial charge in [-0.3, -0.25) is 0 Å². The summed E-state index contributed by atoms with van der Waals surface area (Å²) in [7, 11) is 0. The zero-order chi connectivity index (χ0) is 32.1. The van der Waals surface area contributed by atoms with Crippen molar-refractivity contribution in [3.8, 4) is 28.0 Å². The van der Waals surface area contributed by atoms with E-state index in [0.717, 1.165) is 49.1 Å². The van der Waals surface area contributed by atoms with E-state index in [2.05, 4.69) is 0 Å². The van der Waals surface area contributed by atoms with Crippen LogP contribution in [0.3, 0.4) is 0 Å². The lowest BCUT2D eigenvalue weighted by Gasteiger charge is -2.31. The summed E-state index contributed by atoms with van der Waals surface area (Å²) in [5, 5.41) is 0. The summed E-state index contributed by atoms with van der Waals surface area (Å²) in [5.74, 6) is -5.90. The normalized spacial score (nSPS) is 17.0. The van der Waals surface area contributed by atoms with E-state index in [1.54, 1.807) is 6.07 Å². The van der Waals surface area contributed by atoms with Gasteiger partial charge in [0.1, 0.15) is 17.4 Å². The van der Waals surface area contributed by atoms with Gasteiger partial charge in [0, 0.05) is 11.6 Å². The molecule has 238 valence electrons. The third kappa shape index (κ3) is 7.69. The predicted molar refractivity (Wildman–Crippen MR) is 159 cm³/mol. The zero-order valence-corrected chi connectivity index (χ0v) is 24.7. The first-order valence-corrected chi connectivity index (χ1v) is 15.1. The van der Waals surface area contributed by atoms with Gasteiger partial charge in [-0.15, -0.1) is 0 Å². The smallest absolute Gasteiger partial charge is 0.386 e. The number of unbranched alkanes of at least 4 members (excludes halogenated alkanes) is 2. The minimum absolute atomic E-state index is 0.0655. The summed E-state index contributed by atoms with van der Waals surface area (Å²) in [5.41, 5.74) is 1.24. The number of halogens is 7. The second kappa shape index (κ2) is 14.1. The van der Waals surface area contributed by atoms with Crippen LogP contribution < -0.4 is 4.74 Å². The largest absolute Gasteiger partial charge is 0.493 e. The molecule has 0 unspecified atom stereocenters. The Morgan fingerprint density at radius 3 is 1.93 bits per heavy atom. The van der Waals surface area contributed by atoms with Gasteiger partial charge < -0.3 is 9.47 Å². The van der Waals surface area contributed by atoms with E-state index < -0.39 is 46.9 Å². The first-order valence-electron chi connectivity index (χ1n) is 15.1. The molecule has 5 rings (SSSR count). The number of rotatable bonds is 11. The zero-order valence-electron chi connectivity index (χ0n) is 24.7. The van der Waals surface area contributed by atoms with Crippen molar-refractivity contribution in [3.05, 3.63) is 113 Å². The molecule has 0 radical (unpaired) electrons. The van der Waals surface area contributed by atoms with Crippen LogP contribution in [0.1, 0.15) is 68.9 Å². The monoisotopic (exact) mass is 630 g/mol. The van der Waals surface area contributed by atoms with E-state index in [9.17, 15) is 30.7 Å². The molecule has 0 bridgehead atoms. The van der Waals surface area contributed by atoms with Crippen LogP contribution in [0.25, 0.3) is 22.3 Å². The SMILES string of the molecule is CCCCCOc1ccc(C(F)(F)OC2CCC(c3ccc(-c4ccc(-c5cc(F)c(F)c(F)c5)c(F)c4)cc3)CC2)c(F)c1. The average Bonchev–Trinajstić information content (AvgIpc) is 3.02. The van der Waals surface area contributed by atoms with Crippen LogP contribution >= 0.6 is 0 Å². The number of ether oxygens (including phenoxy) is 2. The summed E-state index contributed by atoms with van der Waals surface area (Å²) in [6.45, 7) is 2.44. The van der Waals surface area contributed by atoms with Gasteiger partial charge in [-0.25, -0.2) is 22.0 Å². The van der Waals surface area contributed by atoms with E-state index in [0.29, 0.717) is 43.4 Å². The number of hydrogen-bond acceptors (Lipinski definition) is 2. The molecule has 1 fully saturated rings. The molecule has 0 atom stereocenters. The highest BCUT2D eigenvalue weighted by Crippen LogP contribution is 2.40. The fraction of sp³-hybridized carbons (Fsp3) is 0.333. The van der Waals surface area contributed by atoms with Crippen molar-refractivity contribution >= 4 is 0 Å². The van der Waals surface area contributed by atoms with Gasteiger partial charge >= 0.3 is 6.11 Å². The Hall–Kier alpha value is -3.85. The summed E-state index contributed by atoms with van der Waals surface area (Å²) < 4.78 is 110. The van der Waals surface area contributed by atoms with Crippen LogP contribution in [0.5, 0.6) is 5.75 Å². The van der Waals surface area contributed by atoms with Gasteiger partial charge in [0.15, 0.2) is 17.5 Å². The molecule has 1 aliphatic rings. The lowest BCUT2D eigenvalue weighted by Crippen LogP contribution is -2.30. The molecule has 1 saturated carbocycles. The highest BCUT2D eigenvalue weighted by Gasteiger charge is 2.40. The van der Waals surface area contributed by atoms with Gasteiger partial charge in [-0.1, -0.05) is 56.2 Å².